The molecule has 0 unspecified atom stereocenters. The summed E-state index contributed by atoms with van der Waals surface area (Å²) in [7, 11) is 1.69. The van der Waals surface area contributed by atoms with Gasteiger partial charge in [0.1, 0.15) is 5.75 Å². The van der Waals surface area contributed by atoms with Crippen molar-refractivity contribution in [1.29, 1.82) is 0 Å². The zero-order chi connectivity index (χ0) is 21.2. The van der Waals surface area contributed by atoms with Crippen LogP contribution in [0.15, 0.2) is 84.0 Å². The molecule has 2 aliphatic rings. The largest absolute Gasteiger partial charge is 0.497 e. The molecule has 5 heteroatoms. The lowest BCUT2D eigenvalue weighted by Gasteiger charge is -2.31. The number of nitrogens with zero attached hydrogens (tertiary/aromatic N) is 2. The molecular formula is C26H25N3OS. The lowest BCUT2D eigenvalue weighted by Crippen LogP contribution is -2.38. The fourth-order valence-electron chi connectivity index (χ4n) is 4.62. The van der Waals surface area contributed by atoms with E-state index in [0.717, 1.165) is 24.3 Å². The average Bonchev–Trinajstić information content (AvgIpc) is 3.23. The summed E-state index contributed by atoms with van der Waals surface area (Å²) >= 11 is 5.84. The maximum atomic E-state index is 5.84. The second-order valence-electron chi connectivity index (χ2n) is 7.99. The van der Waals surface area contributed by atoms with Crippen LogP contribution in [0.2, 0.25) is 0 Å². The Morgan fingerprint density at radius 1 is 1.03 bits per heavy atom. The van der Waals surface area contributed by atoms with E-state index >= 15 is 0 Å². The molecule has 1 aliphatic carbocycles. The third-order valence-corrected chi connectivity index (χ3v) is 6.51. The van der Waals surface area contributed by atoms with Crippen LogP contribution in [-0.2, 0) is 13.0 Å². The zero-order valence-corrected chi connectivity index (χ0v) is 18.3. The SMILES string of the molecule is COc1ccc([C@@H]2[C@@H]3CCc4ccccc4C3=NN2C(=S)NCc2ccccc2)cc1. The Hall–Kier alpha value is -3.18. The summed E-state index contributed by atoms with van der Waals surface area (Å²) in [4.78, 5) is 0. The number of ether oxygens (including phenoxy) is 1. The van der Waals surface area contributed by atoms with Gasteiger partial charge in [0.2, 0.25) is 0 Å². The molecule has 3 aromatic carbocycles. The first-order valence-electron chi connectivity index (χ1n) is 10.7. The van der Waals surface area contributed by atoms with Gasteiger partial charge in [0.05, 0.1) is 18.9 Å². The van der Waals surface area contributed by atoms with E-state index in [0.29, 0.717) is 17.6 Å². The Balaban J connectivity index is 1.47. The Bertz CT molecular complexity index is 1110. The van der Waals surface area contributed by atoms with Crippen molar-refractivity contribution in [2.75, 3.05) is 7.11 Å². The third kappa shape index (κ3) is 3.81. The van der Waals surface area contributed by atoms with Gasteiger partial charge in [-0.05, 0) is 53.9 Å². The highest BCUT2D eigenvalue weighted by Crippen LogP contribution is 2.43. The number of thiocarbonyl (C=S) groups is 1. The summed E-state index contributed by atoms with van der Waals surface area (Å²) in [6.07, 6.45) is 2.12. The number of fused-ring (bicyclic) bond motifs is 3. The second kappa shape index (κ2) is 8.52. The highest BCUT2D eigenvalue weighted by molar-refractivity contribution is 7.80. The van der Waals surface area contributed by atoms with Crippen molar-refractivity contribution in [2.24, 2.45) is 11.0 Å². The fourth-order valence-corrected chi connectivity index (χ4v) is 4.85. The van der Waals surface area contributed by atoms with E-state index in [1.165, 1.54) is 22.3 Å². The van der Waals surface area contributed by atoms with Crippen LogP contribution < -0.4 is 10.1 Å². The topological polar surface area (TPSA) is 36.9 Å². The van der Waals surface area contributed by atoms with Crippen LogP contribution in [0.4, 0.5) is 0 Å². The van der Waals surface area contributed by atoms with Crippen LogP contribution in [0.1, 0.15) is 34.7 Å². The number of nitrogens with one attached hydrogen (secondary N) is 1. The van der Waals surface area contributed by atoms with Gasteiger partial charge in [-0.3, -0.25) is 0 Å². The Morgan fingerprint density at radius 3 is 2.55 bits per heavy atom. The molecule has 2 atom stereocenters. The van der Waals surface area contributed by atoms with E-state index in [1.807, 2.05) is 35.3 Å². The molecule has 3 aromatic rings. The van der Waals surface area contributed by atoms with Crippen molar-refractivity contribution >= 4 is 23.0 Å². The van der Waals surface area contributed by atoms with Gasteiger partial charge >= 0.3 is 0 Å². The summed E-state index contributed by atoms with van der Waals surface area (Å²) in [6, 6.07) is 27.3. The molecule has 31 heavy (non-hydrogen) atoms. The number of hydrogen-bond donors (Lipinski definition) is 1. The summed E-state index contributed by atoms with van der Waals surface area (Å²) in [5.41, 5.74) is 6.17. The predicted octanol–water partition coefficient (Wildman–Crippen LogP) is 5.09. The molecule has 0 aromatic heterocycles. The first kappa shape index (κ1) is 19.8. The fraction of sp³-hybridized carbons (Fsp3) is 0.231. The smallest absolute Gasteiger partial charge is 0.190 e. The summed E-state index contributed by atoms with van der Waals surface area (Å²) in [5, 5.41) is 11.2. The highest BCUT2D eigenvalue weighted by Gasteiger charge is 2.42. The van der Waals surface area contributed by atoms with Crippen LogP contribution in [0.5, 0.6) is 5.75 Å². The van der Waals surface area contributed by atoms with Crippen LogP contribution in [0.3, 0.4) is 0 Å². The zero-order valence-electron chi connectivity index (χ0n) is 17.5. The van der Waals surface area contributed by atoms with Gasteiger partial charge in [-0.25, -0.2) is 5.01 Å². The van der Waals surface area contributed by atoms with Crippen molar-refractivity contribution in [1.82, 2.24) is 10.3 Å². The molecule has 5 rings (SSSR count). The third-order valence-electron chi connectivity index (χ3n) is 6.18. The first-order chi connectivity index (χ1) is 15.2. The monoisotopic (exact) mass is 427 g/mol. The Labute approximate surface area is 188 Å². The van der Waals surface area contributed by atoms with Gasteiger partial charge in [0, 0.05) is 18.0 Å². The molecule has 1 aliphatic heterocycles. The van der Waals surface area contributed by atoms with Crippen LogP contribution in [-0.4, -0.2) is 22.9 Å². The maximum Gasteiger partial charge on any atom is 0.190 e. The predicted molar refractivity (Wildman–Crippen MR) is 128 cm³/mol. The van der Waals surface area contributed by atoms with Crippen LogP contribution in [0.25, 0.3) is 0 Å². The molecule has 0 amide bonds. The number of benzene rings is 3. The number of hydrazone groups is 1. The standard InChI is InChI=1S/C26H25N3OS/c1-30-21-14-11-20(12-15-21)25-23-16-13-19-9-5-6-10-22(19)24(23)28-29(25)26(31)27-17-18-7-3-2-4-8-18/h2-12,14-15,23,25H,13,16-17H2,1H3,(H,27,31)/t23-,25-/m1/s1. The van der Waals surface area contributed by atoms with E-state index in [4.69, 9.17) is 22.1 Å². The lowest BCUT2D eigenvalue weighted by molar-refractivity contribution is 0.303. The number of rotatable bonds is 4. The van der Waals surface area contributed by atoms with E-state index in [1.54, 1.807) is 7.11 Å². The Morgan fingerprint density at radius 2 is 1.77 bits per heavy atom. The van der Waals surface area contributed by atoms with Crippen molar-refractivity contribution in [3.8, 4) is 5.75 Å². The minimum Gasteiger partial charge on any atom is -0.497 e. The van der Waals surface area contributed by atoms with Crippen molar-refractivity contribution < 1.29 is 4.74 Å². The quantitative estimate of drug-likeness (QED) is 0.588. The maximum absolute atomic E-state index is 5.84. The lowest BCUT2D eigenvalue weighted by atomic mass is 9.77. The molecule has 4 nitrogen and oxygen atoms in total. The van der Waals surface area contributed by atoms with Crippen LogP contribution in [0, 0.1) is 5.92 Å². The van der Waals surface area contributed by atoms with Gasteiger partial charge in [0.15, 0.2) is 5.11 Å². The van der Waals surface area contributed by atoms with Crippen molar-refractivity contribution in [2.45, 2.75) is 25.4 Å². The van der Waals surface area contributed by atoms with E-state index in [9.17, 15) is 0 Å². The molecule has 0 fully saturated rings. The molecule has 0 bridgehead atoms. The number of methoxy groups -OCH3 is 1. The van der Waals surface area contributed by atoms with E-state index < -0.39 is 0 Å². The van der Waals surface area contributed by atoms with Gasteiger partial charge in [-0.15, -0.1) is 0 Å². The summed E-state index contributed by atoms with van der Waals surface area (Å²) < 4.78 is 5.37. The minimum absolute atomic E-state index is 0.0741. The van der Waals surface area contributed by atoms with Crippen LogP contribution >= 0.6 is 12.2 Å². The number of aryl methyl sites for hydroxylation is 1. The molecule has 156 valence electrons. The molecule has 0 saturated heterocycles. The second-order valence-corrected chi connectivity index (χ2v) is 8.38. The number of hydrogen-bond acceptors (Lipinski definition) is 3. The van der Waals surface area contributed by atoms with Crippen molar-refractivity contribution in [3.63, 3.8) is 0 Å². The normalized spacial score (nSPS) is 19.3. The molecule has 0 radical (unpaired) electrons. The molecule has 0 saturated carbocycles. The molecule has 1 N–H and O–H groups in total. The van der Waals surface area contributed by atoms with E-state index in [2.05, 4.69) is 53.8 Å². The molecular weight excluding hydrogens is 402 g/mol. The average molecular weight is 428 g/mol. The van der Waals surface area contributed by atoms with Gasteiger partial charge in [0.25, 0.3) is 0 Å². The van der Waals surface area contributed by atoms with Crippen molar-refractivity contribution in [3.05, 3.63) is 101 Å². The summed E-state index contributed by atoms with van der Waals surface area (Å²) in [6.45, 7) is 0.678. The highest BCUT2D eigenvalue weighted by atomic mass is 32.1. The first-order valence-corrected chi connectivity index (χ1v) is 11.1. The van der Waals surface area contributed by atoms with Gasteiger partial charge in [-0.2, -0.15) is 5.10 Å². The summed E-state index contributed by atoms with van der Waals surface area (Å²) in [5.74, 6) is 1.16. The van der Waals surface area contributed by atoms with Gasteiger partial charge in [-0.1, -0.05) is 66.7 Å². The Kier molecular flexibility index (Phi) is 5.43. The van der Waals surface area contributed by atoms with E-state index in [-0.39, 0.29) is 6.04 Å². The molecule has 0 spiro atoms. The van der Waals surface area contributed by atoms with Gasteiger partial charge < -0.3 is 10.1 Å². The minimum atomic E-state index is 0.0741. The molecule has 1 heterocycles.